The molecule has 0 aliphatic carbocycles. The summed E-state index contributed by atoms with van der Waals surface area (Å²) in [7, 11) is -4.18. The molecule has 1 N–H and O–H groups in total. The molecule has 230 valence electrons. The average molecular weight is 632 g/mol. The zero-order valence-electron chi connectivity index (χ0n) is 25.2. The SMILES string of the molecule is CC[C@@H](C)NC(=O)[C@H](Cc1ccccc1)N(Cc1ccccc1)C(=O)CN(c1ccc(Cl)cc1C)S(=O)(=O)c1ccccc1. The van der Waals surface area contributed by atoms with E-state index in [0.29, 0.717) is 16.3 Å². The van der Waals surface area contributed by atoms with Gasteiger partial charge in [0.15, 0.2) is 0 Å². The molecule has 0 saturated carbocycles. The summed E-state index contributed by atoms with van der Waals surface area (Å²) in [4.78, 5) is 29.9. The van der Waals surface area contributed by atoms with Gasteiger partial charge in [-0.3, -0.25) is 13.9 Å². The van der Waals surface area contributed by atoms with Gasteiger partial charge in [-0.1, -0.05) is 97.4 Å². The van der Waals surface area contributed by atoms with Crippen LogP contribution in [0.4, 0.5) is 5.69 Å². The molecule has 4 aromatic carbocycles. The van der Waals surface area contributed by atoms with Gasteiger partial charge >= 0.3 is 0 Å². The number of nitrogens with one attached hydrogen (secondary N) is 1. The van der Waals surface area contributed by atoms with E-state index in [0.717, 1.165) is 21.9 Å². The van der Waals surface area contributed by atoms with Crippen molar-refractivity contribution < 1.29 is 18.0 Å². The van der Waals surface area contributed by atoms with Crippen LogP contribution in [0.25, 0.3) is 0 Å². The van der Waals surface area contributed by atoms with Crippen LogP contribution in [-0.2, 0) is 32.6 Å². The van der Waals surface area contributed by atoms with Crippen LogP contribution in [0.15, 0.2) is 114 Å². The number of nitrogens with zero attached hydrogens (tertiary/aromatic N) is 2. The number of aryl methyl sites for hydroxylation is 1. The van der Waals surface area contributed by atoms with Gasteiger partial charge in [0.25, 0.3) is 10.0 Å². The van der Waals surface area contributed by atoms with Crippen LogP contribution < -0.4 is 9.62 Å². The Hall–Kier alpha value is -4.14. The molecule has 2 atom stereocenters. The highest BCUT2D eigenvalue weighted by Gasteiger charge is 2.35. The van der Waals surface area contributed by atoms with Crippen molar-refractivity contribution in [3.8, 4) is 0 Å². The maximum atomic E-state index is 14.5. The van der Waals surface area contributed by atoms with Crippen LogP contribution in [0.5, 0.6) is 0 Å². The van der Waals surface area contributed by atoms with Crippen LogP contribution in [0.1, 0.15) is 37.0 Å². The van der Waals surface area contributed by atoms with Crippen LogP contribution in [0, 0.1) is 6.92 Å². The molecule has 0 spiro atoms. The lowest BCUT2D eigenvalue weighted by molar-refractivity contribution is -0.140. The zero-order chi connectivity index (χ0) is 31.7. The van der Waals surface area contributed by atoms with E-state index in [9.17, 15) is 18.0 Å². The van der Waals surface area contributed by atoms with Crippen LogP contribution in [-0.4, -0.2) is 43.8 Å². The monoisotopic (exact) mass is 631 g/mol. The van der Waals surface area contributed by atoms with Crippen LogP contribution in [0.2, 0.25) is 5.02 Å². The molecule has 2 amide bonds. The number of hydrogen-bond donors (Lipinski definition) is 1. The Bertz CT molecular complexity index is 1650. The summed E-state index contributed by atoms with van der Waals surface area (Å²) in [5.74, 6) is -0.810. The quantitative estimate of drug-likeness (QED) is 0.185. The van der Waals surface area contributed by atoms with Crippen LogP contribution >= 0.6 is 11.6 Å². The van der Waals surface area contributed by atoms with Crippen molar-refractivity contribution in [2.75, 3.05) is 10.8 Å². The third-order valence-corrected chi connectivity index (χ3v) is 9.51. The summed E-state index contributed by atoms with van der Waals surface area (Å²) in [6.07, 6.45) is 0.975. The standard InChI is InChI=1S/C35H38ClN3O4S/c1-4-27(3)37-35(41)33(23-28-14-8-5-9-15-28)38(24-29-16-10-6-11-17-29)34(40)25-39(32-21-20-30(36)22-26(32)2)44(42,43)31-18-12-7-13-19-31/h5-22,27,33H,4,23-25H2,1-3H3,(H,37,41)/t27-,33+/m1/s1. The van der Waals surface area contributed by atoms with Crippen molar-refractivity contribution >= 4 is 39.1 Å². The van der Waals surface area contributed by atoms with Gasteiger partial charge in [-0.05, 0) is 67.3 Å². The first kappa shape index (κ1) is 32.8. The van der Waals surface area contributed by atoms with E-state index in [1.54, 1.807) is 43.3 Å². The Morgan fingerprint density at radius 2 is 1.41 bits per heavy atom. The Balaban J connectivity index is 1.81. The van der Waals surface area contributed by atoms with E-state index in [1.165, 1.54) is 17.0 Å². The summed E-state index contributed by atoms with van der Waals surface area (Å²) in [5.41, 5.74) is 2.62. The summed E-state index contributed by atoms with van der Waals surface area (Å²) in [6, 6.07) is 30.7. The van der Waals surface area contributed by atoms with E-state index >= 15 is 0 Å². The van der Waals surface area contributed by atoms with E-state index in [2.05, 4.69) is 5.32 Å². The minimum atomic E-state index is -4.18. The molecule has 0 saturated heterocycles. The second-order valence-corrected chi connectivity index (χ2v) is 13.1. The number of amides is 2. The topological polar surface area (TPSA) is 86.8 Å². The molecule has 0 heterocycles. The number of carbonyl (C=O) groups excluding carboxylic acids is 2. The third kappa shape index (κ3) is 8.27. The van der Waals surface area contributed by atoms with Crippen molar-refractivity contribution in [3.05, 3.63) is 131 Å². The first-order valence-electron chi connectivity index (χ1n) is 14.6. The van der Waals surface area contributed by atoms with Crippen molar-refractivity contribution in [1.29, 1.82) is 0 Å². The highest BCUT2D eigenvalue weighted by atomic mass is 35.5. The van der Waals surface area contributed by atoms with Gasteiger partial charge in [-0.25, -0.2) is 8.42 Å². The van der Waals surface area contributed by atoms with Crippen molar-refractivity contribution in [2.24, 2.45) is 0 Å². The van der Waals surface area contributed by atoms with Gasteiger partial charge in [-0.2, -0.15) is 0 Å². The fourth-order valence-corrected chi connectivity index (χ4v) is 6.63. The number of rotatable bonds is 13. The molecule has 0 aliphatic heterocycles. The van der Waals surface area contributed by atoms with Gasteiger partial charge in [0.1, 0.15) is 12.6 Å². The molecule has 0 aliphatic rings. The summed E-state index contributed by atoms with van der Waals surface area (Å²) >= 11 is 6.22. The first-order chi connectivity index (χ1) is 21.1. The van der Waals surface area contributed by atoms with E-state index in [4.69, 9.17) is 11.6 Å². The Kier molecular flexibility index (Phi) is 11.2. The lowest BCUT2D eigenvalue weighted by atomic mass is 10.0. The number of hydrogen-bond acceptors (Lipinski definition) is 4. The second-order valence-electron chi connectivity index (χ2n) is 10.8. The predicted molar refractivity (Wildman–Crippen MR) is 176 cm³/mol. The van der Waals surface area contributed by atoms with Gasteiger partial charge in [-0.15, -0.1) is 0 Å². The average Bonchev–Trinajstić information content (AvgIpc) is 3.03. The molecule has 0 aromatic heterocycles. The van der Waals surface area contributed by atoms with Crippen LogP contribution in [0.3, 0.4) is 0 Å². The number of carbonyl (C=O) groups is 2. The lowest BCUT2D eigenvalue weighted by Gasteiger charge is -2.34. The molecule has 4 aromatic rings. The molecule has 9 heteroatoms. The van der Waals surface area contributed by atoms with E-state index in [1.807, 2.05) is 74.5 Å². The van der Waals surface area contributed by atoms with Gasteiger partial charge < -0.3 is 10.2 Å². The molecular formula is C35H38ClN3O4S. The fraction of sp³-hybridized carbons (Fsp3) is 0.257. The van der Waals surface area contributed by atoms with Gasteiger partial charge in [0, 0.05) is 24.0 Å². The summed E-state index contributed by atoms with van der Waals surface area (Å²) in [6.45, 7) is 5.24. The number of halogens is 1. The summed E-state index contributed by atoms with van der Waals surface area (Å²) in [5, 5.41) is 3.50. The largest absolute Gasteiger partial charge is 0.352 e. The Labute approximate surface area is 265 Å². The molecule has 0 bridgehead atoms. The van der Waals surface area contributed by atoms with Gasteiger partial charge in [0.05, 0.1) is 10.6 Å². The molecule has 4 rings (SSSR count). The highest BCUT2D eigenvalue weighted by molar-refractivity contribution is 7.92. The van der Waals surface area contributed by atoms with Crippen molar-refractivity contribution in [3.63, 3.8) is 0 Å². The minimum absolute atomic E-state index is 0.0482. The Morgan fingerprint density at radius 1 is 0.841 bits per heavy atom. The molecule has 0 fully saturated rings. The number of benzene rings is 4. The molecule has 0 radical (unpaired) electrons. The van der Waals surface area contributed by atoms with E-state index in [-0.39, 0.29) is 29.8 Å². The fourth-order valence-electron chi connectivity index (χ4n) is 4.91. The normalized spacial score (nSPS) is 12.6. The highest BCUT2D eigenvalue weighted by Crippen LogP contribution is 2.29. The number of sulfonamides is 1. The second kappa shape index (κ2) is 15.0. The van der Waals surface area contributed by atoms with Gasteiger partial charge in [0.2, 0.25) is 11.8 Å². The lowest BCUT2D eigenvalue weighted by Crippen LogP contribution is -2.54. The smallest absolute Gasteiger partial charge is 0.264 e. The molecule has 44 heavy (non-hydrogen) atoms. The van der Waals surface area contributed by atoms with Crippen molar-refractivity contribution in [1.82, 2.24) is 10.2 Å². The predicted octanol–water partition coefficient (Wildman–Crippen LogP) is 6.40. The zero-order valence-corrected chi connectivity index (χ0v) is 26.8. The van der Waals surface area contributed by atoms with Crippen molar-refractivity contribution in [2.45, 2.75) is 57.1 Å². The molecular weight excluding hydrogens is 594 g/mol. The Morgan fingerprint density at radius 3 is 1.98 bits per heavy atom. The maximum Gasteiger partial charge on any atom is 0.264 e. The third-order valence-electron chi connectivity index (χ3n) is 7.51. The molecule has 7 nitrogen and oxygen atoms in total. The molecule has 0 unspecified atom stereocenters. The minimum Gasteiger partial charge on any atom is -0.352 e. The summed E-state index contributed by atoms with van der Waals surface area (Å²) < 4.78 is 29.3. The maximum absolute atomic E-state index is 14.5. The van der Waals surface area contributed by atoms with E-state index < -0.39 is 28.5 Å². The first-order valence-corrected chi connectivity index (χ1v) is 16.4. The number of anilines is 1.